The minimum absolute atomic E-state index is 0.00697. The number of alkyl carbamates (subject to hydrolysis) is 1. The van der Waals surface area contributed by atoms with Gasteiger partial charge in [0.2, 0.25) is 0 Å². The molecule has 0 unspecified atom stereocenters. The fraction of sp³-hybridized carbons (Fsp3) is 0.556. The van der Waals surface area contributed by atoms with Gasteiger partial charge < -0.3 is 15.4 Å². The largest absolute Gasteiger partial charge is 0.444 e. The molecule has 1 atom stereocenters. The third-order valence-corrected chi connectivity index (χ3v) is 4.08. The van der Waals surface area contributed by atoms with Gasteiger partial charge in [-0.15, -0.1) is 0 Å². The molecule has 1 aromatic rings. The molecule has 1 heterocycles. The van der Waals surface area contributed by atoms with Crippen molar-refractivity contribution in [1.29, 1.82) is 0 Å². The van der Waals surface area contributed by atoms with Crippen LogP contribution in [0.1, 0.15) is 44.7 Å². The first kappa shape index (κ1) is 18.7. The molecule has 2 rings (SSSR count). The zero-order valence-corrected chi connectivity index (χ0v) is 15.2. The van der Waals surface area contributed by atoms with Crippen molar-refractivity contribution in [3.63, 3.8) is 0 Å². The predicted octanol–water partition coefficient (Wildman–Crippen LogP) is 3.23. The first-order valence-electron chi connectivity index (χ1n) is 8.25. The SMILES string of the molecule is CC(C)(C)OC(=O)NCc1ccc(Cl)cc1CCC(=O)[C@@H]1CCN1. The van der Waals surface area contributed by atoms with Crippen LogP contribution in [0.4, 0.5) is 4.79 Å². The number of carbonyl (C=O) groups is 2. The topological polar surface area (TPSA) is 67.4 Å². The summed E-state index contributed by atoms with van der Waals surface area (Å²) in [6.07, 6.45) is 1.54. The van der Waals surface area contributed by atoms with E-state index >= 15 is 0 Å². The Morgan fingerprint density at radius 2 is 2.04 bits per heavy atom. The number of amides is 1. The zero-order chi connectivity index (χ0) is 17.7. The standard InChI is InChI=1S/C18H25ClN2O3/c1-18(2,3)24-17(23)21-11-13-4-6-14(19)10-12(13)5-7-16(22)15-8-9-20-15/h4,6,10,15,20H,5,7-9,11H2,1-3H3,(H,21,23)/t15-/m0/s1. The number of hydrogen-bond donors (Lipinski definition) is 2. The molecule has 0 radical (unpaired) electrons. The number of halogens is 1. The maximum atomic E-state index is 12.0. The first-order valence-corrected chi connectivity index (χ1v) is 8.62. The van der Waals surface area contributed by atoms with E-state index in [4.69, 9.17) is 16.3 Å². The molecule has 1 aliphatic heterocycles. The summed E-state index contributed by atoms with van der Waals surface area (Å²) in [6, 6.07) is 5.52. The van der Waals surface area contributed by atoms with E-state index in [9.17, 15) is 9.59 Å². The van der Waals surface area contributed by atoms with Gasteiger partial charge in [0.15, 0.2) is 0 Å². The molecular formula is C18H25ClN2O3. The van der Waals surface area contributed by atoms with E-state index in [0.29, 0.717) is 24.4 Å². The van der Waals surface area contributed by atoms with E-state index in [1.54, 1.807) is 6.07 Å². The summed E-state index contributed by atoms with van der Waals surface area (Å²) in [6.45, 7) is 6.72. The molecule has 24 heavy (non-hydrogen) atoms. The zero-order valence-electron chi connectivity index (χ0n) is 14.4. The lowest BCUT2D eigenvalue weighted by Crippen LogP contribution is -2.48. The first-order chi connectivity index (χ1) is 11.2. The molecule has 0 aliphatic carbocycles. The van der Waals surface area contributed by atoms with Crippen LogP contribution in [0.2, 0.25) is 5.02 Å². The van der Waals surface area contributed by atoms with Gasteiger partial charge in [0.25, 0.3) is 0 Å². The second-order valence-electron chi connectivity index (χ2n) is 7.03. The van der Waals surface area contributed by atoms with Crippen molar-refractivity contribution in [1.82, 2.24) is 10.6 Å². The maximum Gasteiger partial charge on any atom is 0.407 e. The van der Waals surface area contributed by atoms with E-state index < -0.39 is 11.7 Å². The van der Waals surface area contributed by atoms with Crippen molar-refractivity contribution >= 4 is 23.5 Å². The lowest BCUT2D eigenvalue weighted by Gasteiger charge is -2.26. The molecule has 1 saturated heterocycles. The quantitative estimate of drug-likeness (QED) is 0.824. The van der Waals surface area contributed by atoms with Gasteiger partial charge in [-0.2, -0.15) is 0 Å². The van der Waals surface area contributed by atoms with E-state index in [0.717, 1.165) is 24.1 Å². The number of rotatable bonds is 6. The number of Topliss-reactive ketones (excluding diaryl/α,β-unsaturated/α-hetero) is 1. The van der Waals surface area contributed by atoms with Crippen LogP contribution in [0.3, 0.4) is 0 Å². The van der Waals surface area contributed by atoms with Crippen LogP contribution in [0.5, 0.6) is 0 Å². The third-order valence-electron chi connectivity index (χ3n) is 3.84. The number of benzene rings is 1. The second-order valence-corrected chi connectivity index (χ2v) is 7.47. The van der Waals surface area contributed by atoms with Crippen LogP contribution < -0.4 is 10.6 Å². The van der Waals surface area contributed by atoms with Crippen molar-refractivity contribution in [3.05, 3.63) is 34.3 Å². The highest BCUT2D eigenvalue weighted by Crippen LogP contribution is 2.19. The number of hydrogen-bond acceptors (Lipinski definition) is 4. The number of carbonyl (C=O) groups excluding carboxylic acids is 2. The van der Waals surface area contributed by atoms with Gasteiger partial charge in [-0.3, -0.25) is 4.79 Å². The highest BCUT2D eigenvalue weighted by atomic mass is 35.5. The molecular weight excluding hydrogens is 328 g/mol. The second kappa shape index (κ2) is 7.99. The van der Waals surface area contributed by atoms with Crippen molar-refractivity contribution in [3.8, 4) is 0 Å². The predicted molar refractivity (Wildman–Crippen MR) is 94.3 cm³/mol. The van der Waals surface area contributed by atoms with Gasteiger partial charge in [0, 0.05) is 18.0 Å². The summed E-state index contributed by atoms with van der Waals surface area (Å²) in [5, 5.41) is 6.49. The Labute approximate surface area is 148 Å². The van der Waals surface area contributed by atoms with Crippen LogP contribution in [0.25, 0.3) is 0 Å². The van der Waals surface area contributed by atoms with Crippen LogP contribution in [0.15, 0.2) is 18.2 Å². The minimum atomic E-state index is -0.533. The average molecular weight is 353 g/mol. The fourth-order valence-corrected chi connectivity index (χ4v) is 2.67. The molecule has 0 aromatic heterocycles. The summed E-state index contributed by atoms with van der Waals surface area (Å²) in [4.78, 5) is 23.8. The van der Waals surface area contributed by atoms with Crippen LogP contribution in [0, 0.1) is 0 Å². The normalized spacial score (nSPS) is 17.1. The van der Waals surface area contributed by atoms with Crippen LogP contribution in [-0.2, 0) is 22.5 Å². The molecule has 6 heteroatoms. The third kappa shape index (κ3) is 5.80. The number of aryl methyl sites for hydroxylation is 1. The number of ketones is 1. The fourth-order valence-electron chi connectivity index (χ4n) is 2.48. The Morgan fingerprint density at radius 3 is 2.62 bits per heavy atom. The lowest BCUT2D eigenvalue weighted by molar-refractivity contribution is -0.122. The number of nitrogens with one attached hydrogen (secondary N) is 2. The van der Waals surface area contributed by atoms with Crippen LogP contribution >= 0.6 is 11.6 Å². The lowest BCUT2D eigenvalue weighted by atomic mass is 9.95. The van der Waals surface area contributed by atoms with Gasteiger partial charge in [0.1, 0.15) is 11.4 Å². The Kier molecular flexibility index (Phi) is 6.24. The van der Waals surface area contributed by atoms with Crippen LogP contribution in [-0.4, -0.2) is 30.1 Å². The molecule has 1 aromatic carbocycles. The van der Waals surface area contributed by atoms with Gasteiger partial charge >= 0.3 is 6.09 Å². The summed E-state index contributed by atoms with van der Waals surface area (Å²) in [7, 11) is 0. The smallest absolute Gasteiger partial charge is 0.407 e. The molecule has 1 amide bonds. The Hall–Kier alpha value is -1.59. The molecule has 0 saturated carbocycles. The molecule has 0 bridgehead atoms. The molecule has 1 aliphatic rings. The molecule has 2 N–H and O–H groups in total. The van der Waals surface area contributed by atoms with Gasteiger partial charge in [-0.1, -0.05) is 17.7 Å². The molecule has 5 nitrogen and oxygen atoms in total. The maximum absolute atomic E-state index is 12.0. The van der Waals surface area contributed by atoms with Crippen molar-refractivity contribution in [2.45, 2.75) is 58.2 Å². The Morgan fingerprint density at radius 1 is 1.33 bits per heavy atom. The monoisotopic (exact) mass is 352 g/mol. The van der Waals surface area contributed by atoms with Gasteiger partial charge in [-0.05, 0) is 63.4 Å². The molecule has 0 spiro atoms. The van der Waals surface area contributed by atoms with Gasteiger partial charge in [0.05, 0.1) is 6.04 Å². The van der Waals surface area contributed by atoms with E-state index in [-0.39, 0.29) is 11.8 Å². The van der Waals surface area contributed by atoms with E-state index in [1.165, 1.54) is 0 Å². The highest BCUT2D eigenvalue weighted by Gasteiger charge is 2.24. The van der Waals surface area contributed by atoms with Crippen molar-refractivity contribution in [2.24, 2.45) is 0 Å². The summed E-state index contributed by atoms with van der Waals surface area (Å²) < 4.78 is 5.24. The minimum Gasteiger partial charge on any atom is -0.444 e. The van der Waals surface area contributed by atoms with Gasteiger partial charge in [-0.25, -0.2) is 4.79 Å². The number of ether oxygens (including phenoxy) is 1. The van der Waals surface area contributed by atoms with E-state index in [1.807, 2.05) is 32.9 Å². The summed E-state index contributed by atoms with van der Waals surface area (Å²) in [5.74, 6) is 0.229. The van der Waals surface area contributed by atoms with Crippen molar-refractivity contribution < 1.29 is 14.3 Å². The molecule has 1 fully saturated rings. The Balaban J connectivity index is 1.93. The molecule has 132 valence electrons. The Bertz CT molecular complexity index is 607. The van der Waals surface area contributed by atoms with E-state index in [2.05, 4.69) is 10.6 Å². The average Bonchev–Trinajstić information content (AvgIpc) is 2.40. The summed E-state index contributed by atoms with van der Waals surface area (Å²) >= 11 is 6.07. The van der Waals surface area contributed by atoms with Crippen molar-refractivity contribution in [2.75, 3.05) is 6.54 Å². The summed E-state index contributed by atoms with van der Waals surface area (Å²) in [5.41, 5.74) is 1.39. The highest BCUT2D eigenvalue weighted by molar-refractivity contribution is 6.30.